The highest BCUT2D eigenvalue weighted by atomic mass is 35.5. The monoisotopic (exact) mass is 229 g/mol. The fourth-order valence-corrected chi connectivity index (χ4v) is 1.62. The Morgan fingerprint density at radius 2 is 1.93 bits per heavy atom. The molecule has 3 N–H and O–H groups in total. The predicted octanol–water partition coefficient (Wildman–Crippen LogP) is 1.81. The first-order valence-corrected chi connectivity index (χ1v) is 4.48. The summed E-state index contributed by atoms with van der Waals surface area (Å²) in [6.45, 7) is 0. The lowest BCUT2D eigenvalue weighted by Crippen LogP contribution is -2.12. The lowest BCUT2D eigenvalue weighted by atomic mass is 10.2. The molecule has 72 valence electrons. The molecule has 4 nitrogen and oxygen atoms in total. The third-order valence-corrected chi connectivity index (χ3v) is 2.48. The lowest BCUT2D eigenvalue weighted by Gasteiger charge is -2.01. The minimum absolute atomic E-state index is 0.123. The summed E-state index contributed by atoms with van der Waals surface area (Å²) in [6.07, 6.45) is 0. The van der Waals surface area contributed by atoms with Crippen molar-refractivity contribution in [3.63, 3.8) is 0 Å². The number of fused-ring (bicyclic) bond motifs is 1. The molecule has 0 bridgehead atoms. The predicted molar refractivity (Wildman–Crippen MR) is 56.8 cm³/mol. The van der Waals surface area contributed by atoms with E-state index in [2.05, 4.69) is 10.2 Å². The summed E-state index contributed by atoms with van der Waals surface area (Å²) in [7, 11) is 0. The van der Waals surface area contributed by atoms with Crippen molar-refractivity contribution in [3.05, 3.63) is 32.4 Å². The Labute approximate surface area is 88.6 Å². The van der Waals surface area contributed by atoms with Crippen LogP contribution in [0.2, 0.25) is 10.0 Å². The molecule has 0 saturated carbocycles. The molecule has 0 fully saturated rings. The average Bonchev–Trinajstić information content (AvgIpc) is 2.16. The van der Waals surface area contributed by atoms with Crippen LogP contribution in [-0.2, 0) is 0 Å². The molecule has 1 aromatic carbocycles. The van der Waals surface area contributed by atoms with Crippen molar-refractivity contribution < 1.29 is 0 Å². The molecule has 1 heterocycles. The number of hydrogen-bond acceptors (Lipinski definition) is 3. The quantitative estimate of drug-likeness (QED) is 0.724. The Morgan fingerprint density at radius 1 is 1.29 bits per heavy atom. The van der Waals surface area contributed by atoms with Crippen LogP contribution < -0.4 is 11.2 Å². The molecule has 6 heteroatoms. The highest BCUT2D eigenvalue weighted by molar-refractivity contribution is 6.39. The third-order valence-electron chi connectivity index (χ3n) is 1.85. The molecule has 0 aliphatic rings. The van der Waals surface area contributed by atoms with Gasteiger partial charge in [-0.2, -0.15) is 5.10 Å². The van der Waals surface area contributed by atoms with Gasteiger partial charge < -0.3 is 5.73 Å². The Balaban J connectivity index is 3.09. The Kier molecular flexibility index (Phi) is 2.09. The number of benzene rings is 1. The third kappa shape index (κ3) is 1.23. The van der Waals surface area contributed by atoms with E-state index >= 15 is 0 Å². The van der Waals surface area contributed by atoms with Crippen LogP contribution in [0.25, 0.3) is 10.9 Å². The van der Waals surface area contributed by atoms with E-state index in [9.17, 15) is 4.79 Å². The summed E-state index contributed by atoms with van der Waals surface area (Å²) < 4.78 is 0. The molecule has 0 spiro atoms. The van der Waals surface area contributed by atoms with Gasteiger partial charge in [0.1, 0.15) is 0 Å². The van der Waals surface area contributed by atoms with Crippen molar-refractivity contribution in [3.8, 4) is 0 Å². The van der Waals surface area contributed by atoms with Crippen molar-refractivity contribution in [1.29, 1.82) is 0 Å². The van der Waals surface area contributed by atoms with E-state index < -0.39 is 5.43 Å². The number of nitrogen functional groups attached to an aromatic ring is 1. The van der Waals surface area contributed by atoms with Gasteiger partial charge in [-0.15, -0.1) is 0 Å². The number of aromatic nitrogens is 2. The molecular formula is C8H5Cl2N3O. The minimum Gasteiger partial charge on any atom is -0.379 e. The highest BCUT2D eigenvalue weighted by Gasteiger charge is 2.09. The topological polar surface area (TPSA) is 71.8 Å². The van der Waals surface area contributed by atoms with Crippen LogP contribution in [0.15, 0.2) is 16.9 Å². The summed E-state index contributed by atoms with van der Waals surface area (Å²) in [4.78, 5) is 11.6. The molecule has 0 aliphatic heterocycles. The van der Waals surface area contributed by atoms with Crippen molar-refractivity contribution in [2.45, 2.75) is 0 Å². The van der Waals surface area contributed by atoms with Crippen molar-refractivity contribution in [2.75, 3.05) is 5.73 Å². The number of halogens is 2. The van der Waals surface area contributed by atoms with Crippen LogP contribution in [0.3, 0.4) is 0 Å². The summed E-state index contributed by atoms with van der Waals surface area (Å²) in [5.74, 6) is -0.123. The fourth-order valence-electron chi connectivity index (χ4n) is 1.18. The zero-order chi connectivity index (χ0) is 10.3. The molecule has 14 heavy (non-hydrogen) atoms. The van der Waals surface area contributed by atoms with Crippen LogP contribution in [0.1, 0.15) is 0 Å². The van der Waals surface area contributed by atoms with Gasteiger partial charge in [0.05, 0.1) is 20.9 Å². The first kappa shape index (κ1) is 9.30. The number of anilines is 1. The Bertz CT molecular complexity index is 564. The van der Waals surface area contributed by atoms with Gasteiger partial charge in [-0.25, -0.2) is 0 Å². The number of rotatable bonds is 0. The second kappa shape index (κ2) is 3.15. The first-order chi connectivity index (χ1) is 6.61. The molecule has 0 amide bonds. The Hall–Kier alpha value is -1.26. The molecule has 0 radical (unpaired) electrons. The van der Waals surface area contributed by atoms with Gasteiger partial charge in [0.2, 0.25) is 5.43 Å². The van der Waals surface area contributed by atoms with Gasteiger partial charge in [-0.05, 0) is 12.1 Å². The first-order valence-electron chi connectivity index (χ1n) is 3.73. The van der Waals surface area contributed by atoms with Crippen molar-refractivity contribution >= 4 is 39.9 Å². The maximum Gasteiger partial charge on any atom is 0.233 e. The van der Waals surface area contributed by atoms with Gasteiger partial charge in [-0.1, -0.05) is 23.2 Å². The highest BCUT2D eigenvalue weighted by Crippen LogP contribution is 2.25. The van der Waals surface area contributed by atoms with Gasteiger partial charge >= 0.3 is 0 Å². The van der Waals surface area contributed by atoms with Crippen LogP contribution in [0.5, 0.6) is 0 Å². The van der Waals surface area contributed by atoms with E-state index in [1.165, 1.54) is 0 Å². The number of nitrogens with one attached hydrogen (secondary N) is 1. The molecule has 0 unspecified atom stereocenters. The van der Waals surface area contributed by atoms with Crippen LogP contribution >= 0.6 is 23.2 Å². The number of H-pyrrole nitrogens is 1. The SMILES string of the molecule is Nc1n[nH]c2c(Cl)ccc(Cl)c2c1=O. The van der Waals surface area contributed by atoms with Gasteiger partial charge in [0.15, 0.2) is 5.82 Å². The van der Waals surface area contributed by atoms with Gasteiger partial charge in [0, 0.05) is 0 Å². The summed E-state index contributed by atoms with van der Waals surface area (Å²) >= 11 is 11.7. The number of hydrogen-bond donors (Lipinski definition) is 2. The molecule has 0 atom stereocenters. The minimum atomic E-state index is -0.411. The second-order valence-corrected chi connectivity index (χ2v) is 3.53. The molecule has 0 saturated heterocycles. The summed E-state index contributed by atoms with van der Waals surface area (Å²) in [5, 5.41) is 7.14. The van der Waals surface area contributed by atoms with E-state index in [-0.39, 0.29) is 11.2 Å². The van der Waals surface area contributed by atoms with Crippen LogP contribution in [0.4, 0.5) is 5.82 Å². The van der Waals surface area contributed by atoms with E-state index in [0.29, 0.717) is 15.6 Å². The summed E-state index contributed by atoms with van der Waals surface area (Å²) in [6, 6.07) is 3.13. The summed E-state index contributed by atoms with van der Waals surface area (Å²) in [5.41, 5.74) is 5.34. The van der Waals surface area contributed by atoms with Crippen molar-refractivity contribution in [2.24, 2.45) is 0 Å². The van der Waals surface area contributed by atoms with E-state index in [0.717, 1.165) is 0 Å². The molecule has 1 aromatic heterocycles. The maximum atomic E-state index is 11.6. The standard InChI is InChI=1S/C8H5Cl2N3O/c9-3-1-2-4(10)6-5(3)7(14)8(11)13-12-6/h1-2H,(H2,11,13)(H,12,14). The molecule has 2 aromatic rings. The van der Waals surface area contributed by atoms with Gasteiger partial charge in [-0.3, -0.25) is 9.89 Å². The molecular weight excluding hydrogens is 225 g/mol. The van der Waals surface area contributed by atoms with Gasteiger partial charge in [0.25, 0.3) is 0 Å². The largest absolute Gasteiger partial charge is 0.379 e. The Morgan fingerprint density at radius 3 is 2.64 bits per heavy atom. The van der Waals surface area contributed by atoms with E-state index in [4.69, 9.17) is 28.9 Å². The smallest absolute Gasteiger partial charge is 0.233 e. The second-order valence-electron chi connectivity index (χ2n) is 2.72. The van der Waals surface area contributed by atoms with Crippen molar-refractivity contribution in [1.82, 2.24) is 10.2 Å². The zero-order valence-electron chi connectivity index (χ0n) is 6.84. The van der Waals surface area contributed by atoms with E-state index in [1.807, 2.05) is 0 Å². The number of nitrogens with two attached hydrogens (primary N) is 1. The number of aromatic amines is 1. The average molecular weight is 230 g/mol. The normalized spacial score (nSPS) is 10.7. The van der Waals surface area contributed by atoms with Crippen LogP contribution in [-0.4, -0.2) is 10.2 Å². The maximum absolute atomic E-state index is 11.6. The van der Waals surface area contributed by atoms with E-state index in [1.54, 1.807) is 12.1 Å². The zero-order valence-corrected chi connectivity index (χ0v) is 8.36. The number of nitrogens with zero attached hydrogens (tertiary/aromatic N) is 1. The van der Waals surface area contributed by atoms with Crippen LogP contribution in [0, 0.1) is 0 Å². The fraction of sp³-hybridized carbons (Fsp3) is 0. The molecule has 0 aliphatic carbocycles. The molecule has 2 rings (SSSR count). The lowest BCUT2D eigenvalue weighted by molar-refractivity contribution is 1.08.